The second-order valence-corrected chi connectivity index (χ2v) is 4.34. The minimum atomic E-state index is 0.307. The molecule has 2 nitrogen and oxygen atoms in total. The predicted molar refractivity (Wildman–Crippen MR) is 67.2 cm³/mol. The standard InChI is InChI=1S/C13H17ClN2/c1-3-12(8-9-15)16(2)10-11-6-4-5-7-13(11)14/h4-7,12H,3,8,10H2,1-2H3. The van der Waals surface area contributed by atoms with Gasteiger partial charge in [0.15, 0.2) is 0 Å². The van der Waals surface area contributed by atoms with E-state index in [1.54, 1.807) is 0 Å². The molecule has 0 aliphatic carbocycles. The van der Waals surface area contributed by atoms with E-state index < -0.39 is 0 Å². The summed E-state index contributed by atoms with van der Waals surface area (Å²) in [6.07, 6.45) is 1.55. The van der Waals surface area contributed by atoms with Gasteiger partial charge in [-0.25, -0.2) is 0 Å². The van der Waals surface area contributed by atoms with E-state index in [-0.39, 0.29) is 0 Å². The van der Waals surface area contributed by atoms with Crippen LogP contribution < -0.4 is 0 Å². The van der Waals surface area contributed by atoms with Gasteiger partial charge in [-0.2, -0.15) is 5.26 Å². The Labute approximate surface area is 102 Å². The number of hydrogen-bond donors (Lipinski definition) is 0. The van der Waals surface area contributed by atoms with E-state index >= 15 is 0 Å². The minimum absolute atomic E-state index is 0.307. The average Bonchev–Trinajstić information content (AvgIpc) is 2.29. The van der Waals surface area contributed by atoms with Gasteiger partial charge in [0.25, 0.3) is 0 Å². The molecule has 1 aromatic carbocycles. The zero-order valence-corrected chi connectivity index (χ0v) is 10.5. The van der Waals surface area contributed by atoms with Crippen molar-refractivity contribution >= 4 is 11.6 Å². The van der Waals surface area contributed by atoms with Crippen molar-refractivity contribution in [3.05, 3.63) is 34.9 Å². The Morgan fingerprint density at radius 2 is 2.12 bits per heavy atom. The van der Waals surface area contributed by atoms with Crippen LogP contribution in [-0.4, -0.2) is 18.0 Å². The molecule has 0 fully saturated rings. The maximum absolute atomic E-state index is 8.73. The van der Waals surface area contributed by atoms with E-state index in [9.17, 15) is 0 Å². The number of rotatable bonds is 5. The molecular formula is C13H17ClN2. The van der Waals surface area contributed by atoms with Gasteiger partial charge in [-0.3, -0.25) is 4.90 Å². The first-order valence-electron chi connectivity index (χ1n) is 5.49. The lowest BCUT2D eigenvalue weighted by Crippen LogP contribution is -2.30. The van der Waals surface area contributed by atoms with Crippen LogP contribution in [0.15, 0.2) is 24.3 Å². The molecule has 1 unspecified atom stereocenters. The fraction of sp³-hybridized carbons (Fsp3) is 0.462. The summed E-state index contributed by atoms with van der Waals surface area (Å²) >= 11 is 6.10. The lowest BCUT2D eigenvalue weighted by molar-refractivity contribution is 0.230. The van der Waals surface area contributed by atoms with Crippen molar-refractivity contribution in [1.29, 1.82) is 5.26 Å². The molecule has 1 rings (SSSR count). The second kappa shape index (κ2) is 6.52. The second-order valence-electron chi connectivity index (χ2n) is 3.93. The summed E-state index contributed by atoms with van der Waals surface area (Å²) in [5, 5.41) is 9.53. The first-order valence-corrected chi connectivity index (χ1v) is 5.87. The Morgan fingerprint density at radius 1 is 1.44 bits per heavy atom. The van der Waals surface area contributed by atoms with Gasteiger partial charge in [-0.1, -0.05) is 36.7 Å². The Balaban J connectivity index is 2.67. The average molecular weight is 237 g/mol. The van der Waals surface area contributed by atoms with Crippen LogP contribution in [0.2, 0.25) is 5.02 Å². The van der Waals surface area contributed by atoms with Crippen LogP contribution in [0, 0.1) is 11.3 Å². The van der Waals surface area contributed by atoms with Gasteiger partial charge in [-0.15, -0.1) is 0 Å². The molecule has 0 amide bonds. The molecule has 86 valence electrons. The SMILES string of the molecule is CCC(CC#N)N(C)Cc1ccccc1Cl. The first kappa shape index (κ1) is 13.0. The zero-order chi connectivity index (χ0) is 12.0. The molecule has 0 aliphatic heterocycles. The van der Waals surface area contributed by atoms with Crippen LogP contribution in [0.1, 0.15) is 25.3 Å². The van der Waals surface area contributed by atoms with E-state index in [2.05, 4.69) is 17.9 Å². The van der Waals surface area contributed by atoms with Gasteiger partial charge in [0.05, 0.1) is 12.5 Å². The van der Waals surface area contributed by atoms with Gasteiger partial charge in [0.2, 0.25) is 0 Å². The van der Waals surface area contributed by atoms with Gasteiger partial charge in [0.1, 0.15) is 0 Å². The third-order valence-corrected chi connectivity index (χ3v) is 3.17. The third-order valence-electron chi connectivity index (χ3n) is 2.80. The summed E-state index contributed by atoms with van der Waals surface area (Å²) in [5.74, 6) is 0. The predicted octanol–water partition coefficient (Wildman–Crippen LogP) is 3.46. The van der Waals surface area contributed by atoms with Crippen molar-refractivity contribution in [2.24, 2.45) is 0 Å². The van der Waals surface area contributed by atoms with Crippen molar-refractivity contribution in [1.82, 2.24) is 4.90 Å². The molecule has 0 bridgehead atoms. The Hall–Kier alpha value is -1.04. The normalized spacial score (nSPS) is 12.4. The summed E-state index contributed by atoms with van der Waals surface area (Å²) < 4.78 is 0. The molecule has 16 heavy (non-hydrogen) atoms. The van der Waals surface area contributed by atoms with E-state index in [1.165, 1.54) is 0 Å². The number of hydrogen-bond acceptors (Lipinski definition) is 2. The van der Waals surface area contributed by atoms with Crippen molar-refractivity contribution in [3.63, 3.8) is 0 Å². The fourth-order valence-electron chi connectivity index (χ4n) is 1.74. The highest BCUT2D eigenvalue weighted by Crippen LogP contribution is 2.18. The number of nitrogens with zero attached hydrogens (tertiary/aromatic N) is 2. The van der Waals surface area contributed by atoms with Gasteiger partial charge >= 0.3 is 0 Å². The molecule has 0 N–H and O–H groups in total. The molecule has 0 heterocycles. The molecule has 1 aromatic rings. The highest BCUT2D eigenvalue weighted by atomic mass is 35.5. The monoisotopic (exact) mass is 236 g/mol. The molecule has 3 heteroatoms. The molecule has 0 spiro atoms. The van der Waals surface area contributed by atoms with Crippen molar-refractivity contribution in [2.45, 2.75) is 32.4 Å². The summed E-state index contributed by atoms with van der Waals surface area (Å²) in [4.78, 5) is 2.18. The summed E-state index contributed by atoms with van der Waals surface area (Å²) in [6.45, 7) is 2.89. The lowest BCUT2D eigenvalue weighted by atomic mass is 10.1. The molecule has 0 aromatic heterocycles. The van der Waals surface area contributed by atoms with Gasteiger partial charge < -0.3 is 0 Å². The van der Waals surface area contributed by atoms with E-state index in [0.29, 0.717) is 12.5 Å². The Bertz CT molecular complexity index is 370. The molecule has 0 aliphatic rings. The van der Waals surface area contributed by atoms with E-state index in [1.807, 2.05) is 31.3 Å². The Kier molecular flexibility index (Phi) is 5.31. The summed E-state index contributed by atoms with van der Waals surface area (Å²) in [7, 11) is 2.04. The minimum Gasteiger partial charge on any atom is -0.298 e. The van der Waals surface area contributed by atoms with Gasteiger partial charge in [-0.05, 0) is 25.1 Å². The highest BCUT2D eigenvalue weighted by molar-refractivity contribution is 6.31. The molecule has 0 radical (unpaired) electrons. The van der Waals surface area contributed by atoms with E-state index in [0.717, 1.165) is 23.6 Å². The third kappa shape index (κ3) is 3.52. The highest BCUT2D eigenvalue weighted by Gasteiger charge is 2.13. The smallest absolute Gasteiger partial charge is 0.0638 e. The van der Waals surface area contributed by atoms with Gasteiger partial charge in [0, 0.05) is 17.6 Å². The topological polar surface area (TPSA) is 27.0 Å². The molecule has 0 saturated carbocycles. The van der Waals surface area contributed by atoms with Crippen LogP contribution in [0.5, 0.6) is 0 Å². The summed E-state index contributed by atoms with van der Waals surface area (Å²) in [5.41, 5.74) is 1.11. The lowest BCUT2D eigenvalue weighted by Gasteiger charge is -2.25. The molecule has 0 saturated heterocycles. The van der Waals surface area contributed by atoms with Crippen molar-refractivity contribution in [2.75, 3.05) is 7.05 Å². The van der Waals surface area contributed by atoms with Crippen LogP contribution in [0.4, 0.5) is 0 Å². The maximum Gasteiger partial charge on any atom is 0.0638 e. The van der Waals surface area contributed by atoms with Crippen LogP contribution in [0.3, 0.4) is 0 Å². The number of halogens is 1. The summed E-state index contributed by atoms with van der Waals surface area (Å²) in [6, 6.07) is 10.4. The van der Waals surface area contributed by atoms with Crippen LogP contribution in [-0.2, 0) is 6.54 Å². The molecule has 1 atom stereocenters. The largest absolute Gasteiger partial charge is 0.298 e. The number of benzene rings is 1. The van der Waals surface area contributed by atoms with Crippen molar-refractivity contribution in [3.8, 4) is 6.07 Å². The van der Waals surface area contributed by atoms with E-state index in [4.69, 9.17) is 16.9 Å². The maximum atomic E-state index is 8.73. The number of nitriles is 1. The van der Waals surface area contributed by atoms with Crippen LogP contribution >= 0.6 is 11.6 Å². The fourth-order valence-corrected chi connectivity index (χ4v) is 1.94. The van der Waals surface area contributed by atoms with Crippen molar-refractivity contribution < 1.29 is 0 Å². The zero-order valence-electron chi connectivity index (χ0n) is 9.78. The molecular weight excluding hydrogens is 220 g/mol. The first-order chi connectivity index (χ1) is 7.69. The quantitative estimate of drug-likeness (QED) is 0.783. The Morgan fingerprint density at radius 3 is 2.69 bits per heavy atom. The van der Waals surface area contributed by atoms with Crippen LogP contribution in [0.25, 0.3) is 0 Å².